The van der Waals surface area contributed by atoms with E-state index in [1.807, 2.05) is 0 Å². The van der Waals surface area contributed by atoms with E-state index in [2.05, 4.69) is 236 Å². The molecule has 63 heavy (non-hydrogen) atoms. The van der Waals surface area contributed by atoms with Gasteiger partial charge in [0.1, 0.15) is 0 Å². The Labute approximate surface area is 372 Å². The molecule has 0 atom stereocenters. The first-order chi connectivity index (χ1) is 30.5. The van der Waals surface area contributed by atoms with Crippen molar-refractivity contribution in [2.24, 2.45) is 0 Å². The molecule has 0 N–H and O–H groups in total. The molecule has 0 heterocycles. The van der Waals surface area contributed by atoms with E-state index >= 15 is 0 Å². The molecule has 9 aromatic rings. The van der Waals surface area contributed by atoms with Crippen LogP contribution >= 0.6 is 0 Å². The van der Waals surface area contributed by atoms with Gasteiger partial charge in [-0.2, -0.15) is 0 Å². The minimum absolute atomic E-state index is 0.0959. The Morgan fingerprint density at radius 3 is 0.762 bits per heavy atom. The van der Waals surface area contributed by atoms with Crippen LogP contribution in [0.15, 0.2) is 194 Å². The summed E-state index contributed by atoms with van der Waals surface area (Å²) in [6.45, 7) is 14.4. The van der Waals surface area contributed by atoms with Crippen LogP contribution in [-0.4, -0.2) is 0 Å². The predicted octanol–water partition coefficient (Wildman–Crippen LogP) is 16.9. The summed E-state index contributed by atoms with van der Waals surface area (Å²) in [6, 6.07) is 73.2. The summed E-state index contributed by atoms with van der Waals surface area (Å²) >= 11 is 0. The summed E-state index contributed by atoms with van der Waals surface area (Å²) in [4.78, 5) is 0. The Morgan fingerprint density at radius 1 is 0.190 bits per heavy atom. The lowest BCUT2D eigenvalue weighted by Gasteiger charge is -2.24. The van der Waals surface area contributed by atoms with Gasteiger partial charge in [-0.1, -0.05) is 199 Å². The highest BCUT2D eigenvalue weighted by molar-refractivity contribution is 5.91. The van der Waals surface area contributed by atoms with E-state index in [0.29, 0.717) is 0 Å². The normalized spacial score (nSPS) is 15.2. The van der Waals surface area contributed by atoms with Gasteiger partial charge < -0.3 is 0 Å². The van der Waals surface area contributed by atoms with E-state index in [0.717, 1.165) is 0 Å². The number of hydrogen-bond acceptors (Lipinski definition) is 0. The lowest BCUT2D eigenvalue weighted by molar-refractivity contribution is 0.659. The number of fused-ring (bicyclic) bond motifs is 9. The summed E-state index contributed by atoms with van der Waals surface area (Å²) in [5.41, 5.74) is 28.8. The van der Waals surface area contributed by atoms with Crippen molar-refractivity contribution in [3.8, 4) is 89.0 Å². The van der Waals surface area contributed by atoms with Gasteiger partial charge in [0.15, 0.2) is 0 Å². The lowest BCUT2D eigenvalue weighted by atomic mass is 9.79. The molecule has 0 spiro atoms. The first-order valence-corrected chi connectivity index (χ1v) is 22.6. The Kier molecular flexibility index (Phi) is 8.08. The van der Waals surface area contributed by atoms with Crippen LogP contribution in [0.25, 0.3) is 89.0 Å². The van der Waals surface area contributed by atoms with E-state index in [-0.39, 0.29) is 16.2 Å². The molecular weight excluding hydrogens is 757 g/mol. The topological polar surface area (TPSA) is 0 Å². The molecule has 0 heteroatoms. The van der Waals surface area contributed by atoms with Crippen LogP contribution < -0.4 is 0 Å². The van der Waals surface area contributed by atoms with E-state index in [1.54, 1.807) is 0 Å². The van der Waals surface area contributed by atoms with Crippen molar-refractivity contribution in [2.45, 2.75) is 57.8 Å². The van der Waals surface area contributed by atoms with Gasteiger partial charge in [0, 0.05) is 16.2 Å². The number of hydrogen-bond donors (Lipinski definition) is 0. The first kappa shape index (κ1) is 37.7. The summed E-state index contributed by atoms with van der Waals surface area (Å²) in [7, 11) is 0. The third-order valence-corrected chi connectivity index (χ3v) is 15.1. The van der Waals surface area contributed by atoms with Gasteiger partial charge in [-0.15, -0.1) is 0 Å². The molecule has 0 saturated carbocycles. The summed E-state index contributed by atoms with van der Waals surface area (Å²) in [6.07, 6.45) is 0. The van der Waals surface area contributed by atoms with Gasteiger partial charge in [-0.25, -0.2) is 0 Å². The molecular formula is C63H50. The van der Waals surface area contributed by atoms with Gasteiger partial charge in [-0.3, -0.25) is 0 Å². The highest BCUT2D eigenvalue weighted by Gasteiger charge is 2.39. The fourth-order valence-corrected chi connectivity index (χ4v) is 11.5. The third kappa shape index (κ3) is 5.60. The van der Waals surface area contributed by atoms with Crippen molar-refractivity contribution >= 4 is 0 Å². The Bertz CT molecular complexity index is 3340. The molecule has 0 bridgehead atoms. The average molecular weight is 807 g/mol. The van der Waals surface area contributed by atoms with Crippen molar-refractivity contribution < 1.29 is 0 Å². The van der Waals surface area contributed by atoms with Gasteiger partial charge in [0.2, 0.25) is 0 Å². The highest BCUT2D eigenvalue weighted by Crippen LogP contribution is 2.55. The van der Waals surface area contributed by atoms with Crippen molar-refractivity contribution in [3.63, 3.8) is 0 Å². The summed E-state index contributed by atoms with van der Waals surface area (Å²) in [5.74, 6) is 0. The predicted molar refractivity (Wildman–Crippen MR) is 266 cm³/mol. The minimum Gasteiger partial charge on any atom is -0.0622 e. The Morgan fingerprint density at radius 2 is 0.429 bits per heavy atom. The summed E-state index contributed by atoms with van der Waals surface area (Å²) in [5, 5.41) is 0. The fraction of sp³-hybridized carbons (Fsp3) is 0.143. The van der Waals surface area contributed by atoms with Gasteiger partial charge in [-0.05, 0) is 159 Å². The number of rotatable bonds is 5. The zero-order chi connectivity index (χ0) is 42.8. The molecule has 12 rings (SSSR count). The van der Waals surface area contributed by atoms with Crippen molar-refractivity contribution in [1.29, 1.82) is 0 Å². The second kappa shape index (κ2) is 13.5. The highest BCUT2D eigenvalue weighted by atomic mass is 14.4. The van der Waals surface area contributed by atoms with Gasteiger partial charge >= 0.3 is 0 Å². The summed E-state index contributed by atoms with van der Waals surface area (Å²) < 4.78 is 0. The molecule has 0 nitrogen and oxygen atoms in total. The Hall–Kier alpha value is -7.02. The molecule has 0 saturated heterocycles. The molecule has 0 aliphatic heterocycles. The van der Waals surface area contributed by atoms with Crippen molar-refractivity contribution in [1.82, 2.24) is 0 Å². The molecule has 0 amide bonds. The van der Waals surface area contributed by atoms with E-state index < -0.39 is 0 Å². The van der Waals surface area contributed by atoms with Gasteiger partial charge in [0.05, 0.1) is 0 Å². The van der Waals surface area contributed by atoms with E-state index in [1.165, 1.54) is 122 Å². The van der Waals surface area contributed by atoms with Crippen molar-refractivity contribution in [3.05, 3.63) is 228 Å². The van der Waals surface area contributed by atoms with Crippen LogP contribution in [0.2, 0.25) is 0 Å². The molecule has 302 valence electrons. The Balaban J connectivity index is 0.853. The molecule has 0 aromatic heterocycles. The molecule has 0 fully saturated rings. The lowest BCUT2D eigenvalue weighted by Crippen LogP contribution is -2.16. The minimum atomic E-state index is -0.143. The van der Waals surface area contributed by atoms with Crippen molar-refractivity contribution in [2.75, 3.05) is 0 Å². The largest absolute Gasteiger partial charge is 0.0622 e. The van der Waals surface area contributed by atoms with Crippen LogP contribution in [0, 0.1) is 0 Å². The zero-order valence-electron chi connectivity index (χ0n) is 37.0. The molecule has 0 radical (unpaired) electrons. The fourth-order valence-electron chi connectivity index (χ4n) is 11.5. The number of benzene rings is 9. The van der Waals surface area contributed by atoms with Crippen LogP contribution in [0.4, 0.5) is 0 Å². The standard InChI is InChI=1S/C63H50/c1-61(2)55-33-41(39-15-9-7-10-16-39)21-27-49(55)50-28-22-42(34-56(50)61)43-23-29-51-52-30-24-44(36-58(52)62(3,4)57(51)35-43)45-25-31-53-54-32-26-46(38-60(54)63(5,6)59(53)37-45)48-20-14-13-19-47(48)40-17-11-8-12-18-40/h7-38H,1-6H3. The molecule has 9 aromatic carbocycles. The second-order valence-electron chi connectivity index (χ2n) is 19.7. The SMILES string of the molecule is CC1(C)c2cc(-c3ccccc3)ccc2-c2ccc(-c3ccc4c(c3)C(C)(C)c3cc(-c5ccc6c(c5)C(C)(C)c5cc(-c7ccccc7-c7ccccc7)ccc5-6)ccc3-4)cc21. The monoisotopic (exact) mass is 806 g/mol. The smallest absolute Gasteiger partial charge is 0.0159 e. The average Bonchev–Trinajstić information content (AvgIpc) is 3.80. The quantitative estimate of drug-likeness (QED) is 0.163. The van der Waals surface area contributed by atoms with Crippen LogP contribution in [0.3, 0.4) is 0 Å². The van der Waals surface area contributed by atoms with E-state index in [4.69, 9.17) is 0 Å². The second-order valence-corrected chi connectivity index (χ2v) is 19.7. The van der Waals surface area contributed by atoms with E-state index in [9.17, 15) is 0 Å². The maximum Gasteiger partial charge on any atom is 0.0159 e. The third-order valence-electron chi connectivity index (χ3n) is 15.1. The maximum absolute atomic E-state index is 2.48. The molecule has 3 aliphatic rings. The first-order valence-electron chi connectivity index (χ1n) is 22.6. The van der Waals surface area contributed by atoms with Crippen LogP contribution in [-0.2, 0) is 16.2 Å². The maximum atomic E-state index is 2.48. The molecule has 3 aliphatic carbocycles. The van der Waals surface area contributed by atoms with Crippen LogP contribution in [0.5, 0.6) is 0 Å². The molecule has 0 unspecified atom stereocenters. The van der Waals surface area contributed by atoms with Crippen LogP contribution in [0.1, 0.15) is 74.9 Å². The zero-order valence-corrected chi connectivity index (χ0v) is 37.0. The van der Waals surface area contributed by atoms with Gasteiger partial charge in [0.25, 0.3) is 0 Å².